The summed E-state index contributed by atoms with van der Waals surface area (Å²) in [4.78, 5) is 16.8. The van der Waals surface area contributed by atoms with Crippen LogP contribution in [0.1, 0.15) is 18.1 Å². The van der Waals surface area contributed by atoms with E-state index >= 15 is 0 Å². The summed E-state index contributed by atoms with van der Waals surface area (Å²) in [6.07, 6.45) is 6.12. The maximum Gasteiger partial charge on any atom is 0.246 e. The Kier molecular flexibility index (Phi) is 6.39. The Balaban J connectivity index is 1.47. The van der Waals surface area contributed by atoms with E-state index in [0.29, 0.717) is 0 Å². The molecule has 0 bridgehead atoms. The quantitative estimate of drug-likeness (QED) is 0.766. The van der Waals surface area contributed by atoms with Crippen LogP contribution in [0.25, 0.3) is 11.6 Å². The zero-order valence-electron chi connectivity index (χ0n) is 15.3. The molecule has 2 aromatic rings. The van der Waals surface area contributed by atoms with Gasteiger partial charge in [0.25, 0.3) is 0 Å². The molecule has 1 fully saturated rings. The van der Waals surface area contributed by atoms with Gasteiger partial charge in [-0.25, -0.2) is 0 Å². The second-order valence-corrected chi connectivity index (χ2v) is 6.63. The number of piperazine rings is 1. The molecule has 0 N–H and O–H groups in total. The van der Waals surface area contributed by atoms with Crippen LogP contribution in [0.3, 0.4) is 0 Å². The maximum atomic E-state index is 12.5. The number of carbonyl (C=O) groups excluding carboxylic acids is 1. The van der Waals surface area contributed by atoms with Gasteiger partial charge in [-0.3, -0.25) is 9.69 Å². The van der Waals surface area contributed by atoms with E-state index in [1.807, 2.05) is 48.2 Å². The molecular formula is C23H26N2O. The van der Waals surface area contributed by atoms with E-state index in [1.165, 1.54) is 5.56 Å². The summed E-state index contributed by atoms with van der Waals surface area (Å²) < 4.78 is 0. The molecule has 1 aliphatic heterocycles. The Bertz CT molecular complexity index is 757. The van der Waals surface area contributed by atoms with E-state index in [0.717, 1.165) is 43.9 Å². The fourth-order valence-electron chi connectivity index (χ4n) is 3.11. The van der Waals surface area contributed by atoms with E-state index in [2.05, 4.69) is 41.3 Å². The number of rotatable bonds is 5. The van der Waals surface area contributed by atoms with Crippen LogP contribution in [0, 0.1) is 0 Å². The molecule has 3 rings (SSSR count). The smallest absolute Gasteiger partial charge is 0.246 e. The predicted octanol–water partition coefficient (Wildman–Crippen LogP) is 3.95. The van der Waals surface area contributed by atoms with Crippen molar-refractivity contribution in [3.8, 4) is 0 Å². The van der Waals surface area contributed by atoms with Gasteiger partial charge in [0.2, 0.25) is 5.91 Å². The minimum absolute atomic E-state index is 0.117. The number of hydrogen-bond donors (Lipinski definition) is 0. The molecule has 26 heavy (non-hydrogen) atoms. The van der Waals surface area contributed by atoms with Gasteiger partial charge in [-0.05, 0) is 23.6 Å². The first kappa shape index (κ1) is 18.2. The predicted molar refractivity (Wildman–Crippen MR) is 109 cm³/mol. The molecule has 134 valence electrons. The molecule has 2 aromatic carbocycles. The van der Waals surface area contributed by atoms with Gasteiger partial charge in [-0.15, -0.1) is 0 Å². The fourth-order valence-corrected chi connectivity index (χ4v) is 3.11. The van der Waals surface area contributed by atoms with Crippen LogP contribution in [-0.4, -0.2) is 48.4 Å². The lowest BCUT2D eigenvalue weighted by Crippen LogP contribution is -2.48. The van der Waals surface area contributed by atoms with Crippen molar-refractivity contribution in [1.29, 1.82) is 0 Å². The van der Waals surface area contributed by atoms with Crippen LogP contribution in [0.15, 0.2) is 72.8 Å². The van der Waals surface area contributed by atoms with Crippen LogP contribution in [0.2, 0.25) is 0 Å². The van der Waals surface area contributed by atoms with E-state index in [4.69, 9.17) is 0 Å². The molecular weight excluding hydrogens is 320 g/mol. The third kappa shape index (κ3) is 5.17. The lowest BCUT2D eigenvalue weighted by molar-refractivity contribution is -0.127. The molecule has 1 saturated heterocycles. The van der Waals surface area contributed by atoms with Crippen molar-refractivity contribution >= 4 is 17.6 Å². The van der Waals surface area contributed by atoms with E-state index in [1.54, 1.807) is 6.08 Å². The number of carbonyl (C=O) groups is 1. The molecule has 0 atom stereocenters. The average Bonchev–Trinajstić information content (AvgIpc) is 2.70. The van der Waals surface area contributed by atoms with Crippen LogP contribution in [-0.2, 0) is 4.79 Å². The van der Waals surface area contributed by atoms with E-state index in [9.17, 15) is 4.79 Å². The monoisotopic (exact) mass is 346 g/mol. The minimum Gasteiger partial charge on any atom is -0.337 e. The molecule has 0 radical (unpaired) electrons. The summed E-state index contributed by atoms with van der Waals surface area (Å²) >= 11 is 0. The van der Waals surface area contributed by atoms with Gasteiger partial charge >= 0.3 is 0 Å². The summed E-state index contributed by atoms with van der Waals surface area (Å²) in [6, 6.07) is 20.4. The standard InChI is InChI=1S/C23H26N2O/c1-20(22-12-6-3-7-13-22)19-23(26)25-17-15-24(16-18-25)14-8-11-21-9-4-2-5-10-21/h2-13,19H,14-18H2,1H3/b11-8-,20-19-. The molecule has 3 nitrogen and oxygen atoms in total. The normalized spacial score (nSPS) is 16.2. The second kappa shape index (κ2) is 9.16. The van der Waals surface area contributed by atoms with Crippen molar-refractivity contribution in [3.05, 3.63) is 83.9 Å². The Morgan fingerprint density at radius 3 is 2.19 bits per heavy atom. The first-order valence-electron chi connectivity index (χ1n) is 9.19. The van der Waals surface area contributed by atoms with Crippen LogP contribution >= 0.6 is 0 Å². The molecule has 0 unspecified atom stereocenters. The molecule has 0 aliphatic carbocycles. The summed E-state index contributed by atoms with van der Waals surface area (Å²) in [5.41, 5.74) is 3.34. The average molecular weight is 346 g/mol. The highest BCUT2D eigenvalue weighted by Gasteiger charge is 2.19. The number of hydrogen-bond acceptors (Lipinski definition) is 2. The van der Waals surface area contributed by atoms with Gasteiger partial charge in [-0.2, -0.15) is 0 Å². The third-order valence-electron chi connectivity index (χ3n) is 4.73. The van der Waals surface area contributed by atoms with Gasteiger partial charge < -0.3 is 4.90 Å². The minimum atomic E-state index is 0.117. The zero-order chi connectivity index (χ0) is 18.2. The maximum absolute atomic E-state index is 12.5. The Labute approximate surface area is 156 Å². The molecule has 1 aliphatic rings. The molecule has 3 heteroatoms. The molecule has 1 amide bonds. The van der Waals surface area contributed by atoms with Gasteiger partial charge in [0.15, 0.2) is 0 Å². The number of allylic oxidation sites excluding steroid dienone is 1. The lowest BCUT2D eigenvalue weighted by Gasteiger charge is -2.33. The van der Waals surface area contributed by atoms with Crippen molar-refractivity contribution < 1.29 is 4.79 Å². The molecule has 0 saturated carbocycles. The summed E-state index contributed by atoms with van der Waals surface area (Å²) in [5.74, 6) is 0.117. The third-order valence-corrected chi connectivity index (χ3v) is 4.73. The van der Waals surface area contributed by atoms with Crippen LogP contribution in [0.5, 0.6) is 0 Å². The van der Waals surface area contributed by atoms with Gasteiger partial charge in [0, 0.05) is 38.8 Å². The molecule has 0 aromatic heterocycles. The molecule has 0 spiro atoms. The topological polar surface area (TPSA) is 23.6 Å². The summed E-state index contributed by atoms with van der Waals surface area (Å²) in [6.45, 7) is 6.34. The van der Waals surface area contributed by atoms with Gasteiger partial charge in [0.05, 0.1) is 0 Å². The largest absolute Gasteiger partial charge is 0.337 e. The summed E-state index contributed by atoms with van der Waals surface area (Å²) in [7, 11) is 0. The van der Waals surface area contributed by atoms with Crippen molar-refractivity contribution in [2.24, 2.45) is 0 Å². The van der Waals surface area contributed by atoms with E-state index in [-0.39, 0.29) is 5.91 Å². The van der Waals surface area contributed by atoms with Crippen molar-refractivity contribution in [1.82, 2.24) is 9.80 Å². The van der Waals surface area contributed by atoms with Crippen molar-refractivity contribution in [2.75, 3.05) is 32.7 Å². The van der Waals surface area contributed by atoms with Crippen LogP contribution < -0.4 is 0 Å². The van der Waals surface area contributed by atoms with Crippen molar-refractivity contribution in [2.45, 2.75) is 6.92 Å². The number of amides is 1. The number of nitrogens with zero attached hydrogens (tertiary/aromatic N) is 2. The Hall–Kier alpha value is -2.65. The molecule has 1 heterocycles. The highest BCUT2D eigenvalue weighted by Crippen LogP contribution is 2.14. The number of benzene rings is 2. The second-order valence-electron chi connectivity index (χ2n) is 6.63. The highest BCUT2D eigenvalue weighted by atomic mass is 16.2. The Morgan fingerprint density at radius 1 is 0.923 bits per heavy atom. The van der Waals surface area contributed by atoms with Crippen molar-refractivity contribution in [3.63, 3.8) is 0 Å². The first-order chi connectivity index (χ1) is 12.7. The van der Waals surface area contributed by atoms with Gasteiger partial charge in [0.1, 0.15) is 0 Å². The summed E-state index contributed by atoms with van der Waals surface area (Å²) in [5, 5.41) is 0. The SMILES string of the molecule is C/C(=C/C(=O)N1CCN(C/C=C\c2ccccc2)CC1)c1ccccc1. The first-order valence-corrected chi connectivity index (χ1v) is 9.19. The highest BCUT2D eigenvalue weighted by molar-refractivity contribution is 5.94. The van der Waals surface area contributed by atoms with Crippen LogP contribution in [0.4, 0.5) is 0 Å². The van der Waals surface area contributed by atoms with E-state index < -0.39 is 0 Å². The fraction of sp³-hybridized carbons (Fsp3) is 0.261. The van der Waals surface area contributed by atoms with Gasteiger partial charge in [-0.1, -0.05) is 72.8 Å². The Morgan fingerprint density at radius 2 is 1.54 bits per heavy atom. The lowest BCUT2D eigenvalue weighted by atomic mass is 10.1. The zero-order valence-corrected chi connectivity index (χ0v) is 15.3.